The Hall–Kier alpha value is -0.860. The first-order valence-electron chi connectivity index (χ1n) is 4.13. The highest BCUT2D eigenvalue weighted by atomic mass is 35.5. The molecule has 0 N–H and O–H groups in total. The van der Waals surface area contributed by atoms with E-state index in [2.05, 4.69) is 0 Å². The summed E-state index contributed by atoms with van der Waals surface area (Å²) in [4.78, 5) is 10.4. The van der Waals surface area contributed by atoms with Gasteiger partial charge >= 0.3 is 0 Å². The van der Waals surface area contributed by atoms with Crippen molar-refractivity contribution in [1.29, 1.82) is 0 Å². The van der Waals surface area contributed by atoms with Crippen LogP contribution in [0.2, 0.25) is 5.02 Å². The Morgan fingerprint density at radius 1 is 1.46 bits per heavy atom. The zero-order valence-corrected chi connectivity index (χ0v) is 7.75. The summed E-state index contributed by atoms with van der Waals surface area (Å²) in [6.07, 6.45) is 0.799. The van der Waals surface area contributed by atoms with Gasteiger partial charge in [-0.25, -0.2) is 0 Å². The van der Waals surface area contributed by atoms with Gasteiger partial charge < -0.3 is 4.74 Å². The molecule has 0 aliphatic carbocycles. The van der Waals surface area contributed by atoms with Crippen molar-refractivity contribution in [1.82, 2.24) is 0 Å². The van der Waals surface area contributed by atoms with Gasteiger partial charge in [0.15, 0.2) is 0 Å². The zero-order chi connectivity index (χ0) is 9.26. The Morgan fingerprint density at radius 2 is 2.23 bits per heavy atom. The van der Waals surface area contributed by atoms with Crippen LogP contribution >= 0.6 is 11.6 Å². The van der Waals surface area contributed by atoms with E-state index < -0.39 is 0 Å². The van der Waals surface area contributed by atoms with E-state index in [9.17, 15) is 4.79 Å². The number of halogens is 1. The van der Waals surface area contributed by atoms with Crippen LogP contribution in [-0.2, 0) is 4.74 Å². The predicted octanol–water partition coefficient (Wildman–Crippen LogP) is 2.27. The van der Waals surface area contributed by atoms with Gasteiger partial charge in [0.05, 0.1) is 13.2 Å². The second kappa shape index (κ2) is 3.48. The van der Waals surface area contributed by atoms with Gasteiger partial charge in [-0.3, -0.25) is 4.79 Å². The normalized spacial score (nSPS) is 16.7. The van der Waals surface area contributed by atoms with Gasteiger partial charge in [-0.15, -0.1) is 0 Å². The molecule has 3 heteroatoms. The molecule has 0 amide bonds. The molecule has 2 nitrogen and oxygen atoms in total. The smallest absolute Gasteiger partial charge is 0.150 e. The quantitative estimate of drug-likeness (QED) is 0.679. The van der Waals surface area contributed by atoms with Crippen LogP contribution < -0.4 is 0 Å². The first-order valence-corrected chi connectivity index (χ1v) is 4.51. The van der Waals surface area contributed by atoms with Crippen molar-refractivity contribution >= 4 is 17.9 Å². The summed E-state index contributed by atoms with van der Waals surface area (Å²) < 4.78 is 5.07. The number of ether oxygens (including phenoxy) is 1. The maximum Gasteiger partial charge on any atom is 0.150 e. The number of rotatable bonds is 2. The maximum absolute atomic E-state index is 10.4. The molecule has 1 aromatic rings. The molecular formula is C10H9ClO2. The van der Waals surface area contributed by atoms with Crippen LogP contribution in [0.1, 0.15) is 21.8 Å². The summed E-state index contributed by atoms with van der Waals surface area (Å²) in [6, 6.07) is 5.38. The SMILES string of the molecule is O=Cc1ccc(C2COC2)c(Cl)c1. The molecule has 2 rings (SSSR count). The van der Waals surface area contributed by atoms with Crippen LogP contribution in [0.15, 0.2) is 18.2 Å². The van der Waals surface area contributed by atoms with E-state index in [0.717, 1.165) is 25.1 Å². The molecule has 1 aliphatic rings. The standard InChI is InChI=1S/C10H9ClO2/c11-10-3-7(4-12)1-2-9(10)8-5-13-6-8/h1-4,8H,5-6H2. The number of carbonyl (C=O) groups excluding carboxylic acids is 1. The second-order valence-corrected chi connectivity index (χ2v) is 3.54. The van der Waals surface area contributed by atoms with E-state index in [-0.39, 0.29) is 0 Å². The average molecular weight is 197 g/mol. The minimum Gasteiger partial charge on any atom is -0.380 e. The van der Waals surface area contributed by atoms with E-state index >= 15 is 0 Å². The first-order chi connectivity index (χ1) is 6.31. The molecule has 1 aliphatic heterocycles. The van der Waals surface area contributed by atoms with Gasteiger partial charge in [0.25, 0.3) is 0 Å². The first kappa shape index (κ1) is 8.73. The van der Waals surface area contributed by atoms with Crippen molar-refractivity contribution in [2.75, 3.05) is 13.2 Å². The lowest BCUT2D eigenvalue weighted by Crippen LogP contribution is -2.25. The van der Waals surface area contributed by atoms with Crippen molar-refractivity contribution < 1.29 is 9.53 Å². The molecule has 0 unspecified atom stereocenters. The van der Waals surface area contributed by atoms with Gasteiger partial charge in [-0.2, -0.15) is 0 Å². The molecule has 0 spiro atoms. The molecular weight excluding hydrogens is 188 g/mol. The van der Waals surface area contributed by atoms with Gasteiger partial charge in [-0.05, 0) is 11.6 Å². The molecule has 1 heterocycles. The monoisotopic (exact) mass is 196 g/mol. The molecule has 0 bridgehead atoms. The van der Waals surface area contributed by atoms with E-state index in [1.165, 1.54) is 0 Å². The minimum atomic E-state index is 0.410. The average Bonchev–Trinajstić information content (AvgIpc) is 2.05. The van der Waals surface area contributed by atoms with Crippen molar-refractivity contribution in [3.63, 3.8) is 0 Å². The second-order valence-electron chi connectivity index (χ2n) is 3.13. The van der Waals surface area contributed by atoms with Crippen molar-refractivity contribution in [2.45, 2.75) is 5.92 Å². The molecule has 0 atom stereocenters. The van der Waals surface area contributed by atoms with E-state index in [1.807, 2.05) is 6.07 Å². The third-order valence-electron chi connectivity index (χ3n) is 2.24. The highest BCUT2D eigenvalue weighted by molar-refractivity contribution is 6.31. The van der Waals surface area contributed by atoms with Gasteiger partial charge in [0.1, 0.15) is 6.29 Å². The lowest BCUT2D eigenvalue weighted by Gasteiger charge is -2.27. The molecule has 0 aromatic heterocycles. The Kier molecular flexibility index (Phi) is 2.34. The highest BCUT2D eigenvalue weighted by Gasteiger charge is 2.22. The fourth-order valence-corrected chi connectivity index (χ4v) is 1.71. The molecule has 1 aromatic carbocycles. The Labute approximate surface area is 81.5 Å². The summed E-state index contributed by atoms with van der Waals surface area (Å²) in [7, 11) is 0. The van der Waals surface area contributed by atoms with E-state index in [4.69, 9.17) is 16.3 Å². The molecule has 0 saturated carbocycles. The largest absolute Gasteiger partial charge is 0.380 e. The summed E-state index contributed by atoms with van der Waals surface area (Å²) in [5.74, 6) is 0.410. The van der Waals surface area contributed by atoms with Gasteiger partial charge in [0.2, 0.25) is 0 Å². The number of hydrogen-bond donors (Lipinski definition) is 0. The maximum atomic E-state index is 10.4. The molecule has 1 saturated heterocycles. The fourth-order valence-electron chi connectivity index (χ4n) is 1.36. The minimum absolute atomic E-state index is 0.410. The van der Waals surface area contributed by atoms with Crippen molar-refractivity contribution in [2.24, 2.45) is 0 Å². The third kappa shape index (κ3) is 1.60. The van der Waals surface area contributed by atoms with Crippen LogP contribution in [0.25, 0.3) is 0 Å². The van der Waals surface area contributed by atoms with Crippen LogP contribution in [0.5, 0.6) is 0 Å². The highest BCUT2D eigenvalue weighted by Crippen LogP contribution is 2.30. The molecule has 1 fully saturated rings. The van der Waals surface area contributed by atoms with Gasteiger partial charge in [0, 0.05) is 16.5 Å². The van der Waals surface area contributed by atoms with Crippen LogP contribution in [-0.4, -0.2) is 19.5 Å². The summed E-state index contributed by atoms with van der Waals surface area (Å²) in [5, 5.41) is 0.665. The summed E-state index contributed by atoms with van der Waals surface area (Å²) in [5.41, 5.74) is 1.70. The van der Waals surface area contributed by atoms with Gasteiger partial charge in [-0.1, -0.05) is 23.7 Å². The fraction of sp³-hybridized carbons (Fsp3) is 0.300. The predicted molar refractivity (Wildman–Crippen MR) is 50.4 cm³/mol. The third-order valence-corrected chi connectivity index (χ3v) is 2.57. The van der Waals surface area contributed by atoms with Crippen LogP contribution in [0, 0.1) is 0 Å². The molecule has 13 heavy (non-hydrogen) atoms. The van der Waals surface area contributed by atoms with E-state index in [1.54, 1.807) is 12.1 Å². The zero-order valence-electron chi connectivity index (χ0n) is 7.00. The number of hydrogen-bond acceptors (Lipinski definition) is 2. The molecule has 68 valence electrons. The summed E-state index contributed by atoms with van der Waals surface area (Å²) in [6.45, 7) is 1.47. The van der Waals surface area contributed by atoms with E-state index in [0.29, 0.717) is 16.5 Å². The number of benzene rings is 1. The van der Waals surface area contributed by atoms with Crippen molar-refractivity contribution in [3.05, 3.63) is 34.3 Å². The molecule has 0 radical (unpaired) electrons. The Bertz CT molecular complexity index is 332. The topological polar surface area (TPSA) is 26.3 Å². The van der Waals surface area contributed by atoms with Crippen LogP contribution in [0.4, 0.5) is 0 Å². The number of aldehydes is 1. The number of carbonyl (C=O) groups is 1. The summed E-state index contributed by atoms with van der Waals surface area (Å²) >= 11 is 6.00. The Morgan fingerprint density at radius 3 is 2.69 bits per heavy atom. The van der Waals surface area contributed by atoms with Crippen LogP contribution in [0.3, 0.4) is 0 Å². The lowest BCUT2D eigenvalue weighted by atomic mass is 9.97. The van der Waals surface area contributed by atoms with Crippen molar-refractivity contribution in [3.8, 4) is 0 Å². The Balaban J connectivity index is 2.31. The lowest BCUT2D eigenvalue weighted by molar-refractivity contribution is 0.00846.